The monoisotopic (exact) mass is 755 g/mol. The smallest absolute Gasteiger partial charge is 0.0543 e. The van der Waals surface area contributed by atoms with Gasteiger partial charge in [-0.1, -0.05) is 204 Å². The summed E-state index contributed by atoms with van der Waals surface area (Å²) >= 11 is 0. The summed E-state index contributed by atoms with van der Waals surface area (Å²) in [4.78, 5) is 2.52. The molecular weight excluding hydrogens is 711 g/mol. The van der Waals surface area contributed by atoms with E-state index in [4.69, 9.17) is 0 Å². The molecule has 0 radical (unpaired) electrons. The van der Waals surface area contributed by atoms with Crippen LogP contribution >= 0.6 is 0 Å². The van der Waals surface area contributed by atoms with Gasteiger partial charge in [0.2, 0.25) is 0 Å². The molecule has 0 unspecified atom stereocenters. The molecule has 0 aromatic heterocycles. The number of hydrogen-bond acceptors (Lipinski definition) is 1. The number of benzene rings is 9. The Morgan fingerprint density at radius 1 is 0.305 bits per heavy atom. The van der Waals surface area contributed by atoms with Crippen LogP contribution in [-0.4, -0.2) is 0 Å². The van der Waals surface area contributed by atoms with Gasteiger partial charge >= 0.3 is 0 Å². The number of anilines is 3. The van der Waals surface area contributed by atoms with Crippen LogP contribution in [0.3, 0.4) is 0 Å². The van der Waals surface area contributed by atoms with Crippen LogP contribution in [0, 0.1) is 0 Å². The predicted molar refractivity (Wildman–Crippen MR) is 250 cm³/mol. The Morgan fingerprint density at radius 3 is 1.46 bits per heavy atom. The summed E-state index contributed by atoms with van der Waals surface area (Å²) in [5.74, 6) is 0. The molecule has 1 nitrogen and oxygen atoms in total. The minimum Gasteiger partial charge on any atom is -0.309 e. The highest BCUT2D eigenvalue weighted by atomic mass is 15.1. The Bertz CT molecular complexity index is 3090. The third kappa shape index (κ3) is 5.31. The van der Waals surface area contributed by atoms with E-state index >= 15 is 0 Å². The maximum Gasteiger partial charge on any atom is 0.0543 e. The minimum atomic E-state index is -0.130. The quantitative estimate of drug-likeness (QED) is 0.163. The normalized spacial score (nSPS) is 14.0. The van der Waals surface area contributed by atoms with Crippen molar-refractivity contribution in [1.29, 1.82) is 0 Å². The van der Waals surface area contributed by atoms with E-state index in [0.29, 0.717) is 0 Å². The Balaban J connectivity index is 1.15. The maximum absolute atomic E-state index is 2.52. The molecule has 11 rings (SSSR count). The third-order valence-corrected chi connectivity index (χ3v) is 13.3. The average Bonchev–Trinajstić information content (AvgIpc) is 3.67. The summed E-state index contributed by atoms with van der Waals surface area (Å²) in [7, 11) is 0. The summed E-state index contributed by atoms with van der Waals surface area (Å²) in [6.07, 6.45) is 0. The van der Waals surface area contributed by atoms with E-state index in [1.165, 1.54) is 94.3 Å². The zero-order chi connectivity index (χ0) is 39.9. The molecule has 0 saturated carbocycles. The highest BCUT2D eigenvalue weighted by Crippen LogP contribution is 2.56. The molecule has 0 saturated heterocycles. The summed E-state index contributed by atoms with van der Waals surface area (Å²) in [5.41, 5.74) is 21.4. The van der Waals surface area contributed by atoms with Gasteiger partial charge in [-0.05, 0) is 102 Å². The van der Waals surface area contributed by atoms with E-state index in [0.717, 1.165) is 11.4 Å². The van der Waals surface area contributed by atoms with Gasteiger partial charge in [0.15, 0.2) is 0 Å². The summed E-state index contributed by atoms with van der Waals surface area (Å²) in [6, 6.07) is 74.3. The van der Waals surface area contributed by atoms with Gasteiger partial charge in [-0.15, -0.1) is 0 Å². The van der Waals surface area contributed by atoms with Crippen LogP contribution in [0.2, 0.25) is 0 Å². The fourth-order valence-electron chi connectivity index (χ4n) is 10.4. The second-order valence-electron chi connectivity index (χ2n) is 17.2. The van der Waals surface area contributed by atoms with Crippen LogP contribution in [-0.2, 0) is 10.8 Å². The maximum atomic E-state index is 2.52. The zero-order valence-corrected chi connectivity index (χ0v) is 34.0. The molecule has 2 aliphatic carbocycles. The lowest BCUT2D eigenvalue weighted by atomic mass is 9.82. The van der Waals surface area contributed by atoms with E-state index in [-0.39, 0.29) is 10.8 Å². The molecule has 0 heterocycles. The number of fused-ring (bicyclic) bond motifs is 7. The largest absolute Gasteiger partial charge is 0.309 e. The minimum absolute atomic E-state index is 0.0534. The van der Waals surface area contributed by atoms with Crippen LogP contribution < -0.4 is 4.90 Å². The van der Waals surface area contributed by atoms with Crippen molar-refractivity contribution in [3.8, 4) is 55.6 Å². The molecule has 1 heteroatoms. The van der Waals surface area contributed by atoms with E-state index < -0.39 is 0 Å². The molecule has 9 aromatic carbocycles. The highest BCUT2D eigenvalue weighted by molar-refractivity contribution is 6.09. The summed E-state index contributed by atoms with van der Waals surface area (Å²) in [6.45, 7) is 9.45. The number of nitrogens with zero attached hydrogens (tertiary/aromatic N) is 1. The lowest BCUT2D eigenvalue weighted by Crippen LogP contribution is -2.16. The highest BCUT2D eigenvalue weighted by Gasteiger charge is 2.39. The van der Waals surface area contributed by atoms with Crippen molar-refractivity contribution in [1.82, 2.24) is 0 Å². The first-order valence-corrected chi connectivity index (χ1v) is 20.9. The Labute approximate surface area is 347 Å². The van der Waals surface area contributed by atoms with Gasteiger partial charge in [-0.3, -0.25) is 0 Å². The van der Waals surface area contributed by atoms with Crippen molar-refractivity contribution in [2.75, 3.05) is 4.90 Å². The van der Waals surface area contributed by atoms with Gasteiger partial charge < -0.3 is 4.90 Å². The van der Waals surface area contributed by atoms with Crippen molar-refractivity contribution < 1.29 is 0 Å². The Kier molecular flexibility index (Phi) is 7.94. The van der Waals surface area contributed by atoms with Crippen LogP contribution in [0.25, 0.3) is 66.4 Å². The van der Waals surface area contributed by atoms with E-state index in [2.05, 4.69) is 233 Å². The second kappa shape index (κ2) is 13.3. The number of rotatable bonds is 6. The van der Waals surface area contributed by atoms with E-state index in [1.807, 2.05) is 0 Å². The number of para-hydroxylation sites is 1. The van der Waals surface area contributed by atoms with Gasteiger partial charge in [0, 0.05) is 27.6 Å². The molecule has 0 aliphatic heterocycles. The molecule has 9 aromatic rings. The molecule has 0 atom stereocenters. The standard InChI is InChI=1S/C58H45N/c1-57(2)48-28-11-8-23-46(48)55-43(26-16-30-50(55)57)39-34-36-41(37-35-39)59(53-33-17-31-51-56(53)47-24-9-12-29-49(47)58(51,3)4)52-32-13-10-22-44(52)45-27-15-21-40-20-14-25-42(54(40)45)38-18-6-5-7-19-38/h5-37H,1-4H3. The topological polar surface area (TPSA) is 3.24 Å². The van der Waals surface area contributed by atoms with Gasteiger partial charge in [0.25, 0.3) is 0 Å². The first-order chi connectivity index (χ1) is 28.8. The summed E-state index contributed by atoms with van der Waals surface area (Å²) < 4.78 is 0. The predicted octanol–water partition coefficient (Wildman–Crippen LogP) is 15.9. The first-order valence-electron chi connectivity index (χ1n) is 20.9. The van der Waals surface area contributed by atoms with Crippen molar-refractivity contribution in [2.24, 2.45) is 0 Å². The van der Waals surface area contributed by atoms with Crippen molar-refractivity contribution in [2.45, 2.75) is 38.5 Å². The van der Waals surface area contributed by atoms with Crippen LogP contribution in [0.5, 0.6) is 0 Å². The molecule has 0 spiro atoms. The first kappa shape index (κ1) is 35.2. The average molecular weight is 756 g/mol. The molecule has 282 valence electrons. The SMILES string of the molecule is CC1(C)c2ccccc2-c2c(-c3ccc(N(c4ccccc4-c4cccc5cccc(-c6ccccc6)c45)c4cccc5c4-c4ccccc4C5(C)C)cc3)cccc21. The van der Waals surface area contributed by atoms with Crippen LogP contribution in [0.4, 0.5) is 17.1 Å². The summed E-state index contributed by atoms with van der Waals surface area (Å²) in [5, 5.41) is 2.49. The molecule has 0 fully saturated rings. The van der Waals surface area contributed by atoms with E-state index in [1.54, 1.807) is 0 Å². The van der Waals surface area contributed by atoms with Crippen LogP contribution in [0.15, 0.2) is 200 Å². The lowest BCUT2D eigenvalue weighted by Gasteiger charge is -2.31. The van der Waals surface area contributed by atoms with Crippen LogP contribution in [0.1, 0.15) is 49.9 Å². The zero-order valence-electron chi connectivity index (χ0n) is 34.0. The van der Waals surface area contributed by atoms with Gasteiger partial charge in [-0.2, -0.15) is 0 Å². The molecule has 2 aliphatic rings. The molecule has 0 amide bonds. The van der Waals surface area contributed by atoms with Crippen molar-refractivity contribution in [3.63, 3.8) is 0 Å². The van der Waals surface area contributed by atoms with Gasteiger partial charge in [0.05, 0.1) is 11.4 Å². The van der Waals surface area contributed by atoms with Crippen molar-refractivity contribution >= 4 is 27.8 Å². The van der Waals surface area contributed by atoms with Gasteiger partial charge in [0.1, 0.15) is 0 Å². The van der Waals surface area contributed by atoms with Crippen molar-refractivity contribution in [3.05, 3.63) is 222 Å². The number of hydrogen-bond donors (Lipinski definition) is 0. The Morgan fingerprint density at radius 2 is 0.763 bits per heavy atom. The molecule has 0 N–H and O–H groups in total. The fraction of sp³-hybridized carbons (Fsp3) is 0.103. The fourth-order valence-corrected chi connectivity index (χ4v) is 10.4. The molecular formula is C58H45N. The molecule has 0 bridgehead atoms. The Hall–Kier alpha value is -6.96. The second-order valence-corrected chi connectivity index (χ2v) is 17.2. The molecule has 59 heavy (non-hydrogen) atoms. The van der Waals surface area contributed by atoms with E-state index in [9.17, 15) is 0 Å². The third-order valence-electron chi connectivity index (χ3n) is 13.3. The lowest BCUT2D eigenvalue weighted by molar-refractivity contribution is 0.660. The van der Waals surface area contributed by atoms with Gasteiger partial charge in [-0.25, -0.2) is 0 Å².